The standard InChI is InChI=1S/C17H21O5P/c18-11-12-20-15-23(19,21-13-16-7-3-1-4-8-16)22-14-17-9-5-2-6-10-17/h1-10,15,18-19H,11-14H2. The van der Waals surface area contributed by atoms with E-state index in [1.54, 1.807) is 0 Å². The van der Waals surface area contributed by atoms with Gasteiger partial charge in [0.15, 0.2) is 0 Å². The summed E-state index contributed by atoms with van der Waals surface area (Å²) in [6.07, 6.45) is 0. The van der Waals surface area contributed by atoms with E-state index in [0.29, 0.717) is 0 Å². The van der Waals surface area contributed by atoms with Gasteiger partial charge in [0.05, 0.1) is 26.4 Å². The molecule has 2 aromatic carbocycles. The van der Waals surface area contributed by atoms with Crippen LogP contribution in [0.5, 0.6) is 0 Å². The molecule has 0 bridgehead atoms. The van der Waals surface area contributed by atoms with E-state index < -0.39 is 7.57 Å². The van der Waals surface area contributed by atoms with E-state index in [2.05, 4.69) is 0 Å². The molecule has 0 aliphatic rings. The molecule has 124 valence electrons. The zero-order chi connectivity index (χ0) is 16.4. The number of aliphatic hydroxyl groups excluding tert-OH is 1. The van der Waals surface area contributed by atoms with Gasteiger partial charge in [0.1, 0.15) is 5.98 Å². The Labute approximate surface area is 136 Å². The molecule has 0 saturated heterocycles. The summed E-state index contributed by atoms with van der Waals surface area (Å²) in [7, 11) is -3.29. The fourth-order valence-electron chi connectivity index (χ4n) is 1.78. The average Bonchev–Trinajstić information content (AvgIpc) is 2.61. The summed E-state index contributed by atoms with van der Waals surface area (Å²) in [5.41, 5.74) is 1.84. The molecule has 5 nitrogen and oxygen atoms in total. The van der Waals surface area contributed by atoms with Crippen LogP contribution >= 0.6 is 7.57 Å². The monoisotopic (exact) mass is 336 g/mol. The summed E-state index contributed by atoms with van der Waals surface area (Å²) in [6, 6.07) is 19.0. The molecule has 2 rings (SSSR count). The van der Waals surface area contributed by atoms with Crippen molar-refractivity contribution in [3.63, 3.8) is 0 Å². The minimum Gasteiger partial charge on any atom is -0.394 e. The van der Waals surface area contributed by atoms with Gasteiger partial charge in [0, 0.05) is 0 Å². The van der Waals surface area contributed by atoms with Crippen molar-refractivity contribution in [2.24, 2.45) is 0 Å². The van der Waals surface area contributed by atoms with E-state index in [-0.39, 0.29) is 26.4 Å². The number of rotatable bonds is 9. The third-order valence-electron chi connectivity index (χ3n) is 2.93. The van der Waals surface area contributed by atoms with Crippen molar-refractivity contribution in [3.8, 4) is 0 Å². The van der Waals surface area contributed by atoms with Crippen LogP contribution in [0.2, 0.25) is 0 Å². The molecule has 0 unspecified atom stereocenters. The lowest BCUT2D eigenvalue weighted by Crippen LogP contribution is -2.04. The highest BCUT2D eigenvalue weighted by molar-refractivity contribution is 7.59. The van der Waals surface area contributed by atoms with Crippen molar-refractivity contribution in [1.82, 2.24) is 0 Å². The third-order valence-corrected chi connectivity index (χ3v) is 4.35. The van der Waals surface area contributed by atoms with Crippen molar-refractivity contribution in [2.75, 3.05) is 13.2 Å². The van der Waals surface area contributed by atoms with Gasteiger partial charge in [0.2, 0.25) is 0 Å². The van der Waals surface area contributed by atoms with E-state index >= 15 is 0 Å². The molecule has 0 radical (unpaired) electrons. The Morgan fingerprint density at radius 1 is 0.826 bits per heavy atom. The normalized spacial score (nSPS) is 11.4. The molecule has 0 fully saturated rings. The van der Waals surface area contributed by atoms with Gasteiger partial charge in [-0.15, -0.1) is 0 Å². The molecule has 0 aromatic heterocycles. The van der Waals surface area contributed by atoms with Crippen molar-refractivity contribution in [2.45, 2.75) is 13.2 Å². The Kier molecular flexibility index (Phi) is 7.49. The van der Waals surface area contributed by atoms with Crippen LogP contribution in [0, 0.1) is 0 Å². The Hall–Kier alpha value is -1.46. The molecule has 0 atom stereocenters. The zero-order valence-electron chi connectivity index (χ0n) is 12.7. The quantitative estimate of drug-likeness (QED) is 0.544. The number of benzene rings is 2. The van der Waals surface area contributed by atoms with E-state index in [9.17, 15) is 4.89 Å². The molecule has 0 amide bonds. The Morgan fingerprint density at radius 2 is 1.30 bits per heavy atom. The fourth-order valence-corrected chi connectivity index (χ4v) is 2.94. The van der Waals surface area contributed by atoms with Crippen LogP contribution in [0.1, 0.15) is 11.1 Å². The molecule has 2 N–H and O–H groups in total. The van der Waals surface area contributed by atoms with Gasteiger partial charge in [0.25, 0.3) is 7.57 Å². The molecule has 0 aliphatic heterocycles. The first kappa shape index (κ1) is 17.9. The lowest BCUT2D eigenvalue weighted by molar-refractivity contribution is 0.171. The number of aliphatic hydroxyl groups is 1. The van der Waals surface area contributed by atoms with Gasteiger partial charge in [-0.2, -0.15) is 0 Å². The average molecular weight is 336 g/mol. The smallest absolute Gasteiger partial charge is 0.279 e. The summed E-state index contributed by atoms with van der Waals surface area (Å²) in [5, 5.41) is 8.78. The van der Waals surface area contributed by atoms with Crippen molar-refractivity contribution >= 4 is 13.5 Å². The zero-order valence-corrected chi connectivity index (χ0v) is 13.6. The second-order valence-corrected chi connectivity index (χ2v) is 6.64. The largest absolute Gasteiger partial charge is 0.394 e. The van der Waals surface area contributed by atoms with E-state index in [4.69, 9.17) is 18.9 Å². The van der Waals surface area contributed by atoms with Gasteiger partial charge in [-0.25, -0.2) is 0 Å². The minimum absolute atomic E-state index is 0.0751. The molecule has 6 heteroatoms. The summed E-state index contributed by atoms with van der Waals surface area (Å²) in [5.74, 6) is 1.16. The maximum absolute atomic E-state index is 10.6. The first-order chi connectivity index (χ1) is 11.2. The molecule has 0 saturated carbocycles. The molecule has 23 heavy (non-hydrogen) atoms. The Bertz CT molecular complexity index is 568. The minimum atomic E-state index is -3.29. The number of hydrogen-bond acceptors (Lipinski definition) is 5. The predicted octanol–water partition coefficient (Wildman–Crippen LogP) is 2.94. The number of hydrogen-bond donors (Lipinski definition) is 2. The molecule has 0 aliphatic carbocycles. The summed E-state index contributed by atoms with van der Waals surface area (Å²) in [6.45, 7) is 0.345. The van der Waals surface area contributed by atoms with Gasteiger partial charge in [-0.05, 0) is 11.1 Å². The second kappa shape index (κ2) is 9.63. The van der Waals surface area contributed by atoms with E-state index in [1.165, 1.54) is 0 Å². The lowest BCUT2D eigenvalue weighted by atomic mass is 10.2. The van der Waals surface area contributed by atoms with E-state index in [0.717, 1.165) is 17.1 Å². The maximum atomic E-state index is 10.6. The van der Waals surface area contributed by atoms with Crippen molar-refractivity contribution in [1.29, 1.82) is 0 Å². The van der Waals surface area contributed by atoms with Crippen LogP contribution in [-0.2, 0) is 27.0 Å². The summed E-state index contributed by atoms with van der Waals surface area (Å²) < 4.78 is 16.2. The van der Waals surface area contributed by atoms with Gasteiger partial charge < -0.3 is 23.8 Å². The SMILES string of the molecule is OCCOC=P(O)(OCc1ccccc1)OCc1ccccc1. The van der Waals surface area contributed by atoms with E-state index in [1.807, 2.05) is 60.7 Å². The highest BCUT2D eigenvalue weighted by Gasteiger charge is 2.17. The topological polar surface area (TPSA) is 68.2 Å². The fraction of sp³-hybridized carbons (Fsp3) is 0.235. The lowest BCUT2D eigenvalue weighted by Gasteiger charge is -2.19. The second-order valence-electron chi connectivity index (χ2n) is 4.78. The molecular formula is C17H21O5P. The van der Waals surface area contributed by atoms with Crippen molar-refractivity contribution in [3.05, 3.63) is 71.8 Å². The van der Waals surface area contributed by atoms with Crippen molar-refractivity contribution < 1.29 is 23.8 Å². The molecular weight excluding hydrogens is 315 g/mol. The summed E-state index contributed by atoms with van der Waals surface area (Å²) in [4.78, 5) is 10.6. The maximum Gasteiger partial charge on any atom is 0.279 e. The third kappa shape index (κ3) is 6.67. The van der Waals surface area contributed by atoms with Crippen LogP contribution in [0.3, 0.4) is 0 Å². The predicted molar refractivity (Wildman–Crippen MR) is 90.7 cm³/mol. The van der Waals surface area contributed by atoms with Crippen LogP contribution in [0.4, 0.5) is 0 Å². The van der Waals surface area contributed by atoms with Crippen LogP contribution in [-0.4, -0.2) is 29.2 Å². The van der Waals surface area contributed by atoms with Crippen LogP contribution in [0.25, 0.3) is 0 Å². The highest BCUT2D eigenvalue weighted by atomic mass is 31.2. The first-order valence-electron chi connectivity index (χ1n) is 7.27. The molecule has 0 spiro atoms. The van der Waals surface area contributed by atoms with Crippen LogP contribution < -0.4 is 0 Å². The van der Waals surface area contributed by atoms with Gasteiger partial charge in [-0.3, -0.25) is 0 Å². The molecule has 0 heterocycles. The highest BCUT2D eigenvalue weighted by Crippen LogP contribution is 2.46. The Balaban J connectivity index is 2.00. The molecule has 2 aromatic rings. The number of ether oxygens (including phenoxy) is 1. The van der Waals surface area contributed by atoms with Crippen LogP contribution in [0.15, 0.2) is 60.7 Å². The van der Waals surface area contributed by atoms with Gasteiger partial charge >= 0.3 is 0 Å². The van der Waals surface area contributed by atoms with Gasteiger partial charge in [-0.1, -0.05) is 60.7 Å². The Morgan fingerprint density at radius 3 is 1.74 bits per heavy atom. The summed E-state index contributed by atoms with van der Waals surface area (Å²) >= 11 is 0. The first-order valence-corrected chi connectivity index (χ1v) is 8.92.